The van der Waals surface area contributed by atoms with Gasteiger partial charge in [-0.25, -0.2) is 4.79 Å². The maximum Gasteiger partial charge on any atom is 0.409 e. The number of benzene rings is 1. The summed E-state index contributed by atoms with van der Waals surface area (Å²) in [5.41, 5.74) is 0.253. The van der Waals surface area contributed by atoms with Crippen molar-refractivity contribution in [2.45, 2.75) is 77.1 Å². The van der Waals surface area contributed by atoms with Crippen LogP contribution in [0.5, 0.6) is 5.75 Å². The molecule has 0 spiro atoms. The fourth-order valence-corrected chi connectivity index (χ4v) is 4.54. The molecular weight excluding hydrogens is 454 g/mol. The monoisotopic (exact) mass is 491 g/mol. The Bertz CT molecular complexity index is 930. The van der Waals surface area contributed by atoms with Crippen molar-refractivity contribution in [3.05, 3.63) is 29.3 Å². The zero-order valence-electron chi connectivity index (χ0n) is 21.0. The molecule has 35 heavy (non-hydrogen) atoms. The summed E-state index contributed by atoms with van der Waals surface area (Å²) < 4.78 is 10.7. The number of ether oxygens (including phenoxy) is 2. The van der Waals surface area contributed by atoms with E-state index >= 15 is 0 Å². The number of hydroxylamine groups is 2. The van der Waals surface area contributed by atoms with Gasteiger partial charge in [-0.15, -0.1) is 0 Å². The highest BCUT2D eigenvalue weighted by Gasteiger charge is 2.46. The number of imide groups is 1. The van der Waals surface area contributed by atoms with Gasteiger partial charge in [-0.1, -0.05) is 19.3 Å². The van der Waals surface area contributed by atoms with Crippen molar-refractivity contribution in [3.63, 3.8) is 0 Å². The molecular formula is C25H37N3O7. The molecule has 10 nitrogen and oxygen atoms in total. The Balaban J connectivity index is 1.41. The second-order valence-electron chi connectivity index (χ2n) is 10.0. The minimum atomic E-state index is -1.29. The van der Waals surface area contributed by atoms with Crippen LogP contribution in [0.1, 0.15) is 80.0 Å². The number of unbranched alkanes of at least 4 members (excludes halogenated alkanes) is 4. The predicted molar refractivity (Wildman–Crippen MR) is 127 cm³/mol. The molecule has 3 amide bonds. The number of aliphatic hydroxyl groups excluding tert-OH is 1. The molecule has 10 heteroatoms. The van der Waals surface area contributed by atoms with Gasteiger partial charge >= 0.3 is 6.09 Å². The first-order chi connectivity index (χ1) is 16.6. The van der Waals surface area contributed by atoms with Crippen LogP contribution >= 0.6 is 0 Å². The highest BCUT2D eigenvalue weighted by molar-refractivity contribution is 6.21. The number of amides is 3. The van der Waals surface area contributed by atoms with Crippen LogP contribution in [0.2, 0.25) is 0 Å². The largest absolute Gasteiger partial charge is 0.494 e. The van der Waals surface area contributed by atoms with Gasteiger partial charge in [0, 0.05) is 18.6 Å². The number of methoxy groups -OCH3 is 1. The van der Waals surface area contributed by atoms with Crippen LogP contribution in [0, 0.1) is 0 Å². The maximum atomic E-state index is 12.9. The van der Waals surface area contributed by atoms with E-state index < -0.39 is 24.1 Å². The number of rotatable bonds is 10. The van der Waals surface area contributed by atoms with E-state index in [1.54, 1.807) is 23.1 Å². The van der Waals surface area contributed by atoms with Crippen LogP contribution in [0.3, 0.4) is 0 Å². The summed E-state index contributed by atoms with van der Waals surface area (Å²) >= 11 is 0. The number of carbonyl (C=O) groups is 3. The standard InChI is InChI=1S/C25H37N3O7/c1-25(2,3)26(24(32)34-4)13-8-6-5-7-9-15-35-17-10-11-18-19(16-17)22(30)28(21(18)29)20-12-14-27(33)23(20)31/h10-11,16,20,23,31,33H,5-9,12-15H2,1-4H3. The lowest BCUT2D eigenvalue weighted by Gasteiger charge is -2.34. The molecule has 0 aromatic heterocycles. The minimum absolute atomic E-state index is 0.188. The van der Waals surface area contributed by atoms with Crippen molar-refractivity contribution in [1.29, 1.82) is 0 Å². The van der Waals surface area contributed by atoms with E-state index in [4.69, 9.17) is 9.47 Å². The lowest BCUT2D eigenvalue weighted by Crippen LogP contribution is -2.47. The van der Waals surface area contributed by atoms with Crippen LogP contribution in [0.4, 0.5) is 4.79 Å². The molecule has 2 atom stereocenters. The third-order valence-corrected chi connectivity index (χ3v) is 6.52. The van der Waals surface area contributed by atoms with Crippen molar-refractivity contribution >= 4 is 17.9 Å². The molecule has 1 fully saturated rings. The maximum absolute atomic E-state index is 12.9. The van der Waals surface area contributed by atoms with Crippen LogP contribution in [-0.4, -0.2) is 87.7 Å². The molecule has 1 aromatic carbocycles. The van der Waals surface area contributed by atoms with Gasteiger partial charge < -0.3 is 24.7 Å². The fourth-order valence-electron chi connectivity index (χ4n) is 4.54. The summed E-state index contributed by atoms with van der Waals surface area (Å²) in [5.74, 6) is -0.430. The van der Waals surface area contributed by atoms with Crippen LogP contribution in [0.25, 0.3) is 0 Å². The fraction of sp³-hybridized carbons (Fsp3) is 0.640. The van der Waals surface area contributed by atoms with Gasteiger partial charge in [-0.2, -0.15) is 5.06 Å². The second kappa shape index (κ2) is 11.4. The smallest absolute Gasteiger partial charge is 0.409 e. The van der Waals surface area contributed by atoms with Gasteiger partial charge in [0.1, 0.15) is 12.0 Å². The third kappa shape index (κ3) is 6.12. The van der Waals surface area contributed by atoms with Gasteiger partial charge in [-0.3, -0.25) is 14.5 Å². The van der Waals surface area contributed by atoms with Crippen LogP contribution in [0.15, 0.2) is 18.2 Å². The highest BCUT2D eigenvalue weighted by Crippen LogP contribution is 2.32. The Kier molecular flexibility index (Phi) is 8.74. The Labute approximate surface area is 206 Å². The number of nitrogens with zero attached hydrogens (tertiary/aromatic N) is 3. The first-order valence-electron chi connectivity index (χ1n) is 12.2. The zero-order valence-corrected chi connectivity index (χ0v) is 21.0. The summed E-state index contributed by atoms with van der Waals surface area (Å²) in [6.45, 7) is 7.29. The van der Waals surface area contributed by atoms with Gasteiger partial charge in [0.2, 0.25) is 0 Å². The molecule has 2 aliphatic heterocycles. The van der Waals surface area contributed by atoms with Crippen molar-refractivity contribution in [3.8, 4) is 5.75 Å². The molecule has 0 saturated carbocycles. The van der Waals surface area contributed by atoms with Gasteiger partial charge in [0.15, 0.2) is 0 Å². The first kappa shape index (κ1) is 26.9. The molecule has 2 N–H and O–H groups in total. The number of fused-ring (bicyclic) bond motifs is 1. The number of aliphatic hydroxyl groups is 1. The van der Waals surface area contributed by atoms with E-state index in [-0.39, 0.29) is 29.3 Å². The molecule has 0 radical (unpaired) electrons. The summed E-state index contributed by atoms with van der Waals surface area (Å²) in [6, 6.07) is 4.04. The summed E-state index contributed by atoms with van der Waals surface area (Å²) in [4.78, 5) is 40.3. The molecule has 1 saturated heterocycles. The van der Waals surface area contributed by atoms with E-state index in [2.05, 4.69) is 0 Å². The van der Waals surface area contributed by atoms with Crippen molar-refractivity contribution in [1.82, 2.24) is 14.9 Å². The molecule has 2 heterocycles. The average Bonchev–Trinajstić information content (AvgIpc) is 3.26. The van der Waals surface area contributed by atoms with Gasteiger partial charge in [0.05, 0.1) is 30.9 Å². The first-order valence-corrected chi connectivity index (χ1v) is 12.2. The molecule has 194 valence electrons. The molecule has 2 aliphatic rings. The Morgan fingerprint density at radius 1 is 1.09 bits per heavy atom. The predicted octanol–water partition coefficient (Wildman–Crippen LogP) is 3.26. The Morgan fingerprint density at radius 3 is 2.37 bits per heavy atom. The average molecular weight is 492 g/mol. The number of carbonyl (C=O) groups excluding carboxylic acids is 3. The normalized spacial score (nSPS) is 20.3. The van der Waals surface area contributed by atoms with E-state index in [0.29, 0.717) is 25.3 Å². The van der Waals surface area contributed by atoms with Gasteiger partial charge in [0.25, 0.3) is 11.8 Å². The van der Waals surface area contributed by atoms with Crippen LogP contribution in [-0.2, 0) is 4.74 Å². The quantitative estimate of drug-likeness (QED) is 0.378. The van der Waals surface area contributed by atoms with E-state index in [9.17, 15) is 24.7 Å². The minimum Gasteiger partial charge on any atom is -0.494 e. The molecule has 0 bridgehead atoms. The highest BCUT2D eigenvalue weighted by atomic mass is 16.5. The van der Waals surface area contributed by atoms with Gasteiger partial charge in [-0.05, 0) is 58.2 Å². The molecule has 3 rings (SSSR count). The Morgan fingerprint density at radius 2 is 1.74 bits per heavy atom. The van der Waals surface area contributed by atoms with Crippen molar-refractivity contribution in [2.24, 2.45) is 0 Å². The summed E-state index contributed by atoms with van der Waals surface area (Å²) in [7, 11) is 1.40. The van der Waals surface area contributed by atoms with E-state index in [1.807, 2.05) is 20.8 Å². The lowest BCUT2D eigenvalue weighted by atomic mass is 10.1. The SMILES string of the molecule is COC(=O)N(CCCCCCCOc1ccc2c(c1)C(=O)N(C1CCN(O)C1O)C2=O)C(C)(C)C. The van der Waals surface area contributed by atoms with Crippen molar-refractivity contribution < 1.29 is 34.2 Å². The molecule has 2 unspecified atom stereocenters. The Hall–Kier alpha value is -2.69. The number of hydrogen-bond donors (Lipinski definition) is 2. The van der Waals surface area contributed by atoms with E-state index in [0.717, 1.165) is 42.1 Å². The lowest BCUT2D eigenvalue weighted by molar-refractivity contribution is -0.179. The molecule has 0 aliphatic carbocycles. The number of hydrogen-bond acceptors (Lipinski definition) is 8. The second-order valence-corrected chi connectivity index (χ2v) is 10.0. The summed E-state index contributed by atoms with van der Waals surface area (Å²) in [5, 5.41) is 20.5. The van der Waals surface area contributed by atoms with Crippen molar-refractivity contribution in [2.75, 3.05) is 26.8 Å². The molecule has 1 aromatic rings. The topological polar surface area (TPSA) is 120 Å². The zero-order chi connectivity index (χ0) is 25.8. The third-order valence-electron chi connectivity index (χ3n) is 6.52. The van der Waals surface area contributed by atoms with Crippen LogP contribution < -0.4 is 4.74 Å². The van der Waals surface area contributed by atoms with E-state index in [1.165, 1.54) is 7.11 Å². The summed E-state index contributed by atoms with van der Waals surface area (Å²) in [6.07, 6.45) is 3.44.